The van der Waals surface area contributed by atoms with Crippen LogP contribution in [-0.2, 0) is 0 Å². The van der Waals surface area contributed by atoms with Crippen molar-refractivity contribution in [3.63, 3.8) is 0 Å². The van der Waals surface area contributed by atoms with E-state index in [4.69, 9.17) is 38.4 Å². The number of hydrogen-bond donors (Lipinski definition) is 8. The van der Waals surface area contributed by atoms with Crippen molar-refractivity contribution in [2.24, 2.45) is 0 Å². The molecule has 68 valence electrons. The fourth-order valence-electron chi connectivity index (χ4n) is 0. The molecule has 0 aliphatic rings. The van der Waals surface area contributed by atoms with Crippen molar-refractivity contribution < 1.29 is 38.4 Å². The Morgan fingerprint density at radius 1 is 0.500 bits per heavy atom. The number of hydrogen-bond acceptors (Lipinski definition) is 8. The first-order valence-corrected chi connectivity index (χ1v) is 5.37. The molecule has 0 radical (unpaired) electrons. The van der Waals surface area contributed by atoms with Crippen molar-refractivity contribution in [2.75, 3.05) is 0 Å². The van der Waals surface area contributed by atoms with Gasteiger partial charge in [0.05, 0.1) is 0 Å². The molecule has 0 aromatic heterocycles. The molecule has 0 saturated carbocycles. The molecule has 12 heavy (non-hydrogen) atoms. The minimum atomic E-state index is -4.61. The van der Waals surface area contributed by atoms with E-state index in [0.29, 0.717) is 0 Å². The van der Waals surface area contributed by atoms with Crippen molar-refractivity contribution in [2.45, 2.75) is 0 Å². The van der Waals surface area contributed by atoms with Crippen LogP contribution in [0.3, 0.4) is 0 Å². The molecule has 8 nitrogen and oxygen atoms in total. The normalized spacial score (nSPS) is 10.0. The van der Waals surface area contributed by atoms with Gasteiger partial charge in [-0.2, -0.15) is 0 Å². The van der Waals surface area contributed by atoms with Gasteiger partial charge in [0, 0.05) is 0 Å². The Labute approximate surface area is 125 Å². The molecule has 0 aromatic rings. The van der Waals surface area contributed by atoms with Gasteiger partial charge in [-0.05, 0) is 0 Å². The second-order valence-corrected chi connectivity index (χ2v) is 3.60. The van der Waals surface area contributed by atoms with E-state index in [-0.39, 0.29) is 70.2 Å². The molecule has 0 unspecified atom stereocenters. The molecule has 12 heteroatoms. The third-order valence-electron chi connectivity index (χ3n) is 0. The molecule has 0 spiro atoms. The van der Waals surface area contributed by atoms with Crippen LogP contribution >= 0.6 is 0 Å². The van der Waals surface area contributed by atoms with Gasteiger partial charge in [0.1, 0.15) is 0 Å². The second kappa shape index (κ2) is 9.89. The summed E-state index contributed by atoms with van der Waals surface area (Å²) in [5.41, 5.74) is 0. The van der Waals surface area contributed by atoms with Gasteiger partial charge in [-0.1, -0.05) is 0 Å². The fraction of sp³-hybridized carbons (Fsp3) is 0. The van der Waals surface area contributed by atoms with Crippen LogP contribution < -0.4 is 0 Å². The first kappa shape index (κ1) is 23.9. The van der Waals surface area contributed by atoms with Gasteiger partial charge in [0.15, 0.2) is 0 Å². The molecule has 0 bridgehead atoms. The van der Waals surface area contributed by atoms with E-state index in [1.165, 1.54) is 0 Å². The summed E-state index contributed by atoms with van der Waals surface area (Å²) in [4.78, 5) is 58.6. The molecule has 0 aliphatic carbocycles. The Morgan fingerprint density at radius 2 is 0.500 bits per heavy atom. The van der Waals surface area contributed by atoms with Crippen molar-refractivity contribution in [3.05, 3.63) is 0 Å². The van der Waals surface area contributed by atoms with Crippen LogP contribution in [0.2, 0.25) is 0 Å². The molecule has 0 aliphatic heterocycles. The SMILES string of the molecule is O[Si](O)(O)O.O[Si](O)(O)O.[KH].[LiH]. The predicted molar refractivity (Wildman–Crippen MR) is 43.6 cm³/mol. The van der Waals surface area contributed by atoms with E-state index < -0.39 is 18.1 Å². The monoisotopic (exact) mass is 240 g/mol. The maximum absolute atomic E-state index is 7.33. The van der Waals surface area contributed by atoms with E-state index in [9.17, 15) is 0 Å². The standard InChI is InChI=1S/K.Li.2H4O4Si.2H/c;;2*1-5(2,3)4;;/h;;2*1-4H;;. The molecule has 0 amide bonds. The molecule has 0 saturated heterocycles. The molecule has 0 fully saturated rings. The van der Waals surface area contributed by atoms with Crippen LogP contribution in [0.25, 0.3) is 0 Å². The maximum atomic E-state index is 7.33. The first-order valence-electron chi connectivity index (χ1n) is 1.79. The molecular weight excluding hydrogens is 230 g/mol. The van der Waals surface area contributed by atoms with Crippen molar-refractivity contribution >= 4 is 88.3 Å². The Hall–Kier alpha value is 2.35. The predicted octanol–water partition coefficient (Wildman–Crippen LogP) is -6.51. The van der Waals surface area contributed by atoms with Crippen molar-refractivity contribution in [1.82, 2.24) is 0 Å². The van der Waals surface area contributed by atoms with E-state index in [1.807, 2.05) is 0 Å². The molecule has 0 rings (SSSR count). The van der Waals surface area contributed by atoms with Gasteiger partial charge < -0.3 is 38.4 Å². The van der Waals surface area contributed by atoms with Crippen molar-refractivity contribution in [1.29, 1.82) is 0 Å². The zero-order valence-electron chi connectivity index (χ0n) is 4.58. The topological polar surface area (TPSA) is 162 Å². The zero-order chi connectivity index (χ0) is 9.00. The zero-order valence-corrected chi connectivity index (χ0v) is 6.58. The summed E-state index contributed by atoms with van der Waals surface area (Å²) in [6.07, 6.45) is 0. The van der Waals surface area contributed by atoms with E-state index in [0.717, 1.165) is 0 Å². The molecular formula is H10KLiO8Si2. The summed E-state index contributed by atoms with van der Waals surface area (Å²) in [5, 5.41) is 0. The second-order valence-electron chi connectivity index (χ2n) is 1.20. The van der Waals surface area contributed by atoms with Gasteiger partial charge in [-0.3, -0.25) is 0 Å². The quantitative estimate of drug-likeness (QED) is 0.194. The summed E-state index contributed by atoms with van der Waals surface area (Å²) in [7, 11) is -9.22. The van der Waals surface area contributed by atoms with Gasteiger partial charge in [-0.25, -0.2) is 0 Å². The fourth-order valence-corrected chi connectivity index (χ4v) is 0. The first-order chi connectivity index (χ1) is 4.00. The summed E-state index contributed by atoms with van der Waals surface area (Å²) in [6.45, 7) is 0. The van der Waals surface area contributed by atoms with Gasteiger partial charge >= 0.3 is 88.3 Å². The van der Waals surface area contributed by atoms with E-state index in [1.54, 1.807) is 0 Å². The van der Waals surface area contributed by atoms with Crippen LogP contribution in [0.1, 0.15) is 0 Å². The summed E-state index contributed by atoms with van der Waals surface area (Å²) >= 11 is 0. The molecule has 0 aromatic carbocycles. The molecule has 0 atom stereocenters. The Morgan fingerprint density at radius 3 is 0.500 bits per heavy atom. The van der Waals surface area contributed by atoms with Gasteiger partial charge in [0.25, 0.3) is 0 Å². The summed E-state index contributed by atoms with van der Waals surface area (Å²) in [6, 6.07) is 0. The van der Waals surface area contributed by atoms with Crippen molar-refractivity contribution in [3.8, 4) is 0 Å². The number of rotatable bonds is 0. The molecule has 0 heterocycles. The van der Waals surface area contributed by atoms with E-state index in [2.05, 4.69) is 0 Å². The average Bonchev–Trinajstić information content (AvgIpc) is 1.12. The van der Waals surface area contributed by atoms with Crippen LogP contribution in [0.4, 0.5) is 0 Å². The Bertz CT molecular complexity index is 60.0. The van der Waals surface area contributed by atoms with Crippen LogP contribution in [0, 0.1) is 0 Å². The third kappa shape index (κ3) is 289. The van der Waals surface area contributed by atoms with Gasteiger partial charge in [0.2, 0.25) is 0 Å². The Balaban J connectivity index is -0.0000000457. The average molecular weight is 240 g/mol. The Kier molecular flexibility index (Phi) is 19.7. The van der Waals surface area contributed by atoms with E-state index >= 15 is 0 Å². The third-order valence-corrected chi connectivity index (χ3v) is 0. The molecule has 8 N–H and O–H groups in total. The summed E-state index contributed by atoms with van der Waals surface area (Å²) in [5.74, 6) is 0. The minimum absolute atomic E-state index is 0. The van der Waals surface area contributed by atoms with Crippen LogP contribution in [-0.4, -0.2) is 127 Å². The summed E-state index contributed by atoms with van der Waals surface area (Å²) < 4.78 is 0. The van der Waals surface area contributed by atoms with Gasteiger partial charge in [-0.15, -0.1) is 0 Å². The van der Waals surface area contributed by atoms with Crippen LogP contribution in [0.5, 0.6) is 0 Å². The van der Waals surface area contributed by atoms with Crippen LogP contribution in [0.15, 0.2) is 0 Å².